The summed E-state index contributed by atoms with van der Waals surface area (Å²) in [6.45, 7) is 16.2. The lowest BCUT2D eigenvalue weighted by atomic mass is 9.58. The molecular formula is C49H45BN2. The average Bonchev–Trinajstić information content (AvgIpc) is 3.46. The molecule has 3 heteroatoms. The van der Waals surface area contributed by atoms with E-state index in [1.54, 1.807) is 0 Å². The maximum Gasteiger partial charge on any atom is 0.198 e. The van der Waals surface area contributed by atoms with Gasteiger partial charge in [-0.1, -0.05) is 138 Å². The van der Waals surface area contributed by atoms with Gasteiger partial charge in [-0.15, -0.1) is 0 Å². The number of benzene rings is 7. The molecular weight excluding hydrogens is 627 g/mol. The number of rotatable bonds is 4. The molecule has 2 heterocycles. The van der Waals surface area contributed by atoms with E-state index in [0.717, 1.165) is 18.7 Å². The third kappa shape index (κ3) is 5.34. The number of hydrogen-bond donors (Lipinski definition) is 1. The average molecular weight is 673 g/mol. The van der Waals surface area contributed by atoms with Gasteiger partial charge in [-0.05, 0) is 110 Å². The van der Waals surface area contributed by atoms with Crippen LogP contribution >= 0.6 is 0 Å². The van der Waals surface area contributed by atoms with E-state index in [0.29, 0.717) is 0 Å². The Morgan fingerprint density at radius 1 is 0.577 bits per heavy atom. The van der Waals surface area contributed by atoms with E-state index >= 15 is 0 Å². The van der Waals surface area contributed by atoms with E-state index in [1.165, 1.54) is 88.1 Å². The molecule has 8 aromatic rings. The van der Waals surface area contributed by atoms with Crippen molar-refractivity contribution in [1.82, 2.24) is 4.57 Å². The molecule has 0 saturated heterocycles. The summed E-state index contributed by atoms with van der Waals surface area (Å²) in [5.41, 5.74) is 18.0. The molecule has 9 rings (SSSR count). The number of nitrogens with one attached hydrogen (secondary N) is 1. The van der Waals surface area contributed by atoms with Gasteiger partial charge in [-0.3, -0.25) is 0 Å². The van der Waals surface area contributed by atoms with E-state index in [4.69, 9.17) is 0 Å². The molecule has 1 N–H and O–H groups in total. The first-order valence-electron chi connectivity index (χ1n) is 18.6. The molecule has 0 saturated carbocycles. The first-order valence-corrected chi connectivity index (χ1v) is 18.6. The zero-order valence-electron chi connectivity index (χ0n) is 31.4. The highest BCUT2D eigenvalue weighted by Crippen LogP contribution is 2.42. The number of aryl methyl sites for hydroxylation is 1. The molecule has 0 unspecified atom stereocenters. The molecule has 0 fully saturated rings. The minimum atomic E-state index is 0.0277. The number of anilines is 2. The highest BCUT2D eigenvalue weighted by molar-refractivity contribution is 6.73. The van der Waals surface area contributed by atoms with Crippen LogP contribution in [0.3, 0.4) is 0 Å². The second-order valence-electron chi connectivity index (χ2n) is 16.9. The van der Waals surface area contributed by atoms with E-state index < -0.39 is 0 Å². The number of aromatic nitrogens is 1. The summed E-state index contributed by atoms with van der Waals surface area (Å²) in [7, 11) is 0.877. The maximum atomic E-state index is 3.87. The number of fused-ring (bicyclic) bond motifs is 6. The third-order valence-corrected chi connectivity index (χ3v) is 11.1. The SMILES string of the molecule is Cc1cc(-c2c(Nc3ccc(-c4ccccc4)cc3)ccc3ccccc23)c2c(c1)-n1c3ccc(C(C)(C)C)cc3c3cc(C(C)(C)C)cc(c31)B2. The highest BCUT2D eigenvalue weighted by Gasteiger charge is 2.30. The van der Waals surface area contributed by atoms with Crippen molar-refractivity contribution in [3.8, 4) is 27.9 Å². The molecule has 0 atom stereocenters. The second kappa shape index (κ2) is 11.8. The smallest absolute Gasteiger partial charge is 0.198 e. The monoisotopic (exact) mass is 672 g/mol. The van der Waals surface area contributed by atoms with Crippen LogP contribution in [-0.2, 0) is 10.8 Å². The minimum absolute atomic E-state index is 0.0277. The minimum Gasteiger partial charge on any atom is -0.355 e. The van der Waals surface area contributed by atoms with Crippen LogP contribution in [0.2, 0.25) is 0 Å². The predicted octanol–water partition coefficient (Wildman–Crippen LogP) is 11.6. The maximum absolute atomic E-state index is 3.87. The van der Waals surface area contributed by atoms with Crippen molar-refractivity contribution < 1.29 is 0 Å². The van der Waals surface area contributed by atoms with E-state index in [2.05, 4.69) is 192 Å². The fourth-order valence-electron chi connectivity index (χ4n) is 8.31. The first-order chi connectivity index (χ1) is 24.9. The standard InChI is InChI=1S/C49H45BN2/c1-30-25-40(45-37-16-12-11-15-33(37)19-23-42(45)51-36-21-17-32(18-22-36)31-13-9-8-10-14-31)46-44(26-30)52-43-24-20-34(48(2,3)4)27-38(43)39-28-35(49(5,6)7)29-41(50-46)47(39)52/h8-29,50-51H,1-7H3. The van der Waals surface area contributed by atoms with Crippen LogP contribution in [0.4, 0.5) is 11.4 Å². The van der Waals surface area contributed by atoms with Crippen LogP contribution in [0, 0.1) is 6.92 Å². The molecule has 1 aliphatic heterocycles. The molecule has 0 amide bonds. The van der Waals surface area contributed by atoms with Crippen LogP contribution < -0.4 is 16.2 Å². The van der Waals surface area contributed by atoms with Gasteiger partial charge in [-0.25, -0.2) is 0 Å². The van der Waals surface area contributed by atoms with Crippen molar-refractivity contribution >= 4 is 62.2 Å². The lowest BCUT2D eigenvalue weighted by Gasteiger charge is -2.27. The normalized spacial score (nSPS) is 12.7. The third-order valence-electron chi connectivity index (χ3n) is 11.1. The number of nitrogens with zero attached hydrogens (tertiary/aromatic N) is 1. The van der Waals surface area contributed by atoms with Crippen LogP contribution in [0.15, 0.2) is 133 Å². The number of hydrogen-bond acceptors (Lipinski definition) is 1. The topological polar surface area (TPSA) is 17.0 Å². The van der Waals surface area contributed by atoms with E-state index in [9.17, 15) is 0 Å². The molecule has 0 aliphatic carbocycles. The highest BCUT2D eigenvalue weighted by atomic mass is 15.0. The van der Waals surface area contributed by atoms with Gasteiger partial charge in [0.05, 0.1) is 5.52 Å². The molecule has 52 heavy (non-hydrogen) atoms. The Balaban J connectivity index is 1.28. The summed E-state index contributed by atoms with van der Waals surface area (Å²) < 4.78 is 2.58. The Morgan fingerprint density at radius 3 is 2.02 bits per heavy atom. The Labute approximate surface area is 308 Å². The van der Waals surface area contributed by atoms with Gasteiger partial charge in [0.2, 0.25) is 0 Å². The Bertz CT molecular complexity index is 2680. The quantitative estimate of drug-likeness (QED) is 0.184. The van der Waals surface area contributed by atoms with Crippen LogP contribution in [-0.4, -0.2) is 11.8 Å². The van der Waals surface area contributed by atoms with Crippen molar-refractivity contribution in [2.75, 3.05) is 5.32 Å². The summed E-state index contributed by atoms with van der Waals surface area (Å²) in [6, 6.07) is 49.7. The van der Waals surface area contributed by atoms with Gasteiger partial charge >= 0.3 is 0 Å². The predicted molar refractivity (Wildman–Crippen MR) is 227 cm³/mol. The van der Waals surface area contributed by atoms with Gasteiger partial charge in [0.15, 0.2) is 7.28 Å². The Kier molecular flexibility index (Phi) is 7.32. The second-order valence-corrected chi connectivity index (χ2v) is 16.9. The van der Waals surface area contributed by atoms with Crippen molar-refractivity contribution in [2.45, 2.75) is 59.3 Å². The molecule has 7 aromatic carbocycles. The van der Waals surface area contributed by atoms with Gasteiger partial charge < -0.3 is 9.88 Å². The zero-order chi connectivity index (χ0) is 35.9. The first kappa shape index (κ1) is 32.4. The molecule has 0 radical (unpaired) electrons. The largest absolute Gasteiger partial charge is 0.355 e. The summed E-state index contributed by atoms with van der Waals surface area (Å²) >= 11 is 0. The van der Waals surface area contributed by atoms with E-state index in [-0.39, 0.29) is 10.8 Å². The fourth-order valence-corrected chi connectivity index (χ4v) is 8.31. The molecule has 0 spiro atoms. The van der Waals surface area contributed by atoms with Crippen LogP contribution in [0.5, 0.6) is 0 Å². The van der Waals surface area contributed by atoms with Crippen molar-refractivity contribution in [1.29, 1.82) is 0 Å². The van der Waals surface area contributed by atoms with Gasteiger partial charge in [-0.2, -0.15) is 0 Å². The van der Waals surface area contributed by atoms with Crippen molar-refractivity contribution in [3.05, 3.63) is 150 Å². The van der Waals surface area contributed by atoms with Crippen molar-refractivity contribution in [3.63, 3.8) is 0 Å². The lowest BCUT2D eigenvalue weighted by Crippen LogP contribution is -2.38. The van der Waals surface area contributed by atoms with Crippen molar-refractivity contribution in [2.24, 2.45) is 0 Å². The summed E-state index contributed by atoms with van der Waals surface area (Å²) in [5.74, 6) is 0. The summed E-state index contributed by atoms with van der Waals surface area (Å²) in [4.78, 5) is 0. The molecule has 2 nitrogen and oxygen atoms in total. The fraction of sp³-hybridized carbons (Fsp3) is 0.184. The van der Waals surface area contributed by atoms with Crippen LogP contribution in [0.1, 0.15) is 58.2 Å². The Hall–Kier alpha value is -5.54. The van der Waals surface area contributed by atoms with E-state index in [1.807, 2.05) is 0 Å². The van der Waals surface area contributed by atoms with Gasteiger partial charge in [0, 0.05) is 38.9 Å². The molecule has 254 valence electrons. The molecule has 1 aliphatic rings. The lowest BCUT2D eigenvalue weighted by molar-refractivity contribution is 0.590. The summed E-state index contributed by atoms with van der Waals surface area (Å²) in [5, 5.41) is 9.08. The molecule has 1 aromatic heterocycles. The summed E-state index contributed by atoms with van der Waals surface area (Å²) in [6.07, 6.45) is 0. The molecule has 0 bridgehead atoms. The van der Waals surface area contributed by atoms with Crippen LogP contribution in [0.25, 0.3) is 60.5 Å². The van der Waals surface area contributed by atoms with Gasteiger partial charge in [0.25, 0.3) is 0 Å². The zero-order valence-corrected chi connectivity index (χ0v) is 31.4. The van der Waals surface area contributed by atoms with Gasteiger partial charge in [0.1, 0.15) is 0 Å². The Morgan fingerprint density at radius 2 is 1.27 bits per heavy atom.